The van der Waals surface area contributed by atoms with Crippen molar-refractivity contribution in [2.24, 2.45) is 0 Å². The van der Waals surface area contributed by atoms with Gasteiger partial charge in [-0.1, -0.05) is 22.9 Å². The van der Waals surface area contributed by atoms with E-state index in [9.17, 15) is 4.79 Å². The molecule has 1 aromatic rings. The first-order valence-corrected chi connectivity index (χ1v) is 7.36. The molecule has 1 aliphatic heterocycles. The van der Waals surface area contributed by atoms with Gasteiger partial charge in [0.2, 0.25) is 0 Å². The molecule has 0 aromatic heterocycles. The van der Waals surface area contributed by atoms with Gasteiger partial charge in [0.05, 0.1) is 5.56 Å². The van der Waals surface area contributed by atoms with Crippen molar-refractivity contribution in [3.8, 4) is 0 Å². The fourth-order valence-electron chi connectivity index (χ4n) is 2.33. The summed E-state index contributed by atoms with van der Waals surface area (Å²) in [7, 11) is 0. The second-order valence-corrected chi connectivity index (χ2v) is 5.68. The Kier molecular flexibility index (Phi) is 4.96. The number of hydrogen-bond donors (Lipinski definition) is 1. The van der Waals surface area contributed by atoms with Gasteiger partial charge in [-0.2, -0.15) is 0 Å². The smallest absolute Gasteiger partial charge is 0.335 e. The van der Waals surface area contributed by atoms with Crippen LogP contribution < -0.4 is 0 Å². The zero-order valence-electron chi connectivity index (χ0n) is 11.1. The summed E-state index contributed by atoms with van der Waals surface area (Å²) in [6.45, 7) is 8.35. The van der Waals surface area contributed by atoms with Gasteiger partial charge in [-0.3, -0.25) is 4.90 Å². The molecule has 0 aliphatic carbocycles. The van der Waals surface area contributed by atoms with Crippen LogP contribution in [0.2, 0.25) is 0 Å². The van der Waals surface area contributed by atoms with Crippen molar-refractivity contribution in [1.29, 1.82) is 0 Å². The number of nitrogens with zero attached hydrogens (tertiary/aromatic N) is 2. The average molecular weight is 327 g/mol. The van der Waals surface area contributed by atoms with E-state index >= 15 is 0 Å². The summed E-state index contributed by atoms with van der Waals surface area (Å²) in [4.78, 5) is 15.8. The lowest BCUT2D eigenvalue weighted by Crippen LogP contribution is -2.45. The van der Waals surface area contributed by atoms with Crippen molar-refractivity contribution in [3.63, 3.8) is 0 Å². The van der Waals surface area contributed by atoms with Crippen LogP contribution in [0, 0.1) is 0 Å². The minimum absolute atomic E-state index is 0.352. The summed E-state index contributed by atoms with van der Waals surface area (Å²) in [5.74, 6) is -0.871. The van der Waals surface area contributed by atoms with Crippen molar-refractivity contribution in [1.82, 2.24) is 9.80 Å². The molecule has 19 heavy (non-hydrogen) atoms. The van der Waals surface area contributed by atoms with E-state index in [1.54, 1.807) is 12.1 Å². The first kappa shape index (κ1) is 14.5. The van der Waals surface area contributed by atoms with Crippen molar-refractivity contribution in [2.45, 2.75) is 13.5 Å². The molecule has 104 valence electrons. The van der Waals surface area contributed by atoms with E-state index in [2.05, 4.69) is 32.7 Å². The van der Waals surface area contributed by atoms with Crippen LogP contribution in [0.4, 0.5) is 0 Å². The van der Waals surface area contributed by atoms with Gasteiger partial charge in [-0.25, -0.2) is 4.79 Å². The minimum Gasteiger partial charge on any atom is -0.478 e. The van der Waals surface area contributed by atoms with Crippen molar-refractivity contribution in [3.05, 3.63) is 33.8 Å². The quantitative estimate of drug-likeness (QED) is 0.921. The number of carboxylic acid groups (broad SMARTS) is 1. The SMILES string of the molecule is CCN1CCN(Cc2cc(C(=O)O)ccc2Br)CC1. The Balaban J connectivity index is 2.03. The molecule has 1 saturated heterocycles. The van der Waals surface area contributed by atoms with Crippen LogP contribution in [0.25, 0.3) is 0 Å². The second kappa shape index (κ2) is 6.50. The minimum atomic E-state index is -0.871. The standard InChI is InChI=1S/C14H19BrN2O2/c1-2-16-5-7-17(8-6-16)10-12-9-11(14(18)19)3-4-13(12)15/h3-4,9H,2,5-8,10H2,1H3,(H,18,19). The number of benzene rings is 1. The molecule has 1 fully saturated rings. The maximum absolute atomic E-state index is 11.0. The highest BCUT2D eigenvalue weighted by atomic mass is 79.9. The first-order chi connectivity index (χ1) is 9.10. The third kappa shape index (κ3) is 3.78. The van der Waals surface area contributed by atoms with Gasteiger partial charge in [-0.05, 0) is 30.3 Å². The Hall–Kier alpha value is -0.910. The predicted molar refractivity (Wildman–Crippen MR) is 78.5 cm³/mol. The Morgan fingerprint density at radius 3 is 2.47 bits per heavy atom. The molecule has 0 bridgehead atoms. The molecule has 1 aliphatic rings. The maximum Gasteiger partial charge on any atom is 0.335 e. The predicted octanol–water partition coefficient (Wildman–Crippen LogP) is 2.28. The van der Waals surface area contributed by atoms with E-state index in [0.29, 0.717) is 5.56 Å². The number of likely N-dealkylation sites (N-methyl/N-ethyl adjacent to an activating group) is 1. The summed E-state index contributed by atoms with van der Waals surface area (Å²) in [6.07, 6.45) is 0. The Morgan fingerprint density at radius 2 is 1.89 bits per heavy atom. The highest BCUT2D eigenvalue weighted by molar-refractivity contribution is 9.10. The van der Waals surface area contributed by atoms with E-state index in [1.807, 2.05) is 6.07 Å². The second-order valence-electron chi connectivity index (χ2n) is 4.82. The van der Waals surface area contributed by atoms with E-state index < -0.39 is 5.97 Å². The molecular weight excluding hydrogens is 308 g/mol. The fourth-order valence-corrected chi connectivity index (χ4v) is 2.71. The lowest BCUT2D eigenvalue weighted by atomic mass is 10.1. The van der Waals surface area contributed by atoms with Gasteiger partial charge in [0.25, 0.3) is 0 Å². The zero-order valence-corrected chi connectivity index (χ0v) is 12.7. The van der Waals surface area contributed by atoms with E-state index in [1.165, 1.54) is 0 Å². The van der Waals surface area contributed by atoms with Crippen LogP contribution in [0.3, 0.4) is 0 Å². The van der Waals surface area contributed by atoms with E-state index in [4.69, 9.17) is 5.11 Å². The summed E-state index contributed by atoms with van der Waals surface area (Å²) in [5.41, 5.74) is 1.40. The van der Waals surface area contributed by atoms with Gasteiger partial charge in [0.1, 0.15) is 0 Å². The number of hydrogen-bond acceptors (Lipinski definition) is 3. The largest absolute Gasteiger partial charge is 0.478 e. The van der Waals surface area contributed by atoms with Gasteiger partial charge in [0.15, 0.2) is 0 Å². The highest BCUT2D eigenvalue weighted by Crippen LogP contribution is 2.21. The third-order valence-corrected chi connectivity index (χ3v) is 4.37. The van der Waals surface area contributed by atoms with Gasteiger partial charge in [-0.15, -0.1) is 0 Å². The molecule has 0 amide bonds. The van der Waals surface area contributed by atoms with Crippen LogP contribution in [0.5, 0.6) is 0 Å². The molecule has 1 N–H and O–H groups in total. The van der Waals surface area contributed by atoms with E-state index in [-0.39, 0.29) is 0 Å². The van der Waals surface area contributed by atoms with E-state index in [0.717, 1.165) is 49.3 Å². The molecule has 1 heterocycles. The molecule has 1 aromatic carbocycles. The monoisotopic (exact) mass is 326 g/mol. The van der Waals surface area contributed by atoms with Gasteiger partial charge in [0, 0.05) is 37.2 Å². The number of carbonyl (C=O) groups is 1. The zero-order chi connectivity index (χ0) is 13.8. The Morgan fingerprint density at radius 1 is 1.26 bits per heavy atom. The molecule has 4 nitrogen and oxygen atoms in total. The highest BCUT2D eigenvalue weighted by Gasteiger charge is 2.17. The lowest BCUT2D eigenvalue weighted by Gasteiger charge is -2.34. The van der Waals surface area contributed by atoms with Crippen LogP contribution in [0.15, 0.2) is 22.7 Å². The van der Waals surface area contributed by atoms with Crippen LogP contribution >= 0.6 is 15.9 Å². The third-order valence-electron chi connectivity index (χ3n) is 3.60. The molecule has 5 heteroatoms. The Bertz CT molecular complexity index is 457. The molecule has 0 spiro atoms. The van der Waals surface area contributed by atoms with Gasteiger partial charge < -0.3 is 10.0 Å². The molecule has 0 radical (unpaired) electrons. The molecule has 0 saturated carbocycles. The number of carboxylic acids is 1. The van der Waals surface area contributed by atoms with Gasteiger partial charge >= 0.3 is 5.97 Å². The van der Waals surface area contributed by atoms with Crippen molar-refractivity contribution >= 4 is 21.9 Å². The molecule has 2 rings (SSSR count). The Labute approximate surface area is 122 Å². The summed E-state index contributed by atoms with van der Waals surface area (Å²) in [6, 6.07) is 5.21. The number of aromatic carboxylic acids is 1. The molecule has 0 unspecified atom stereocenters. The van der Waals surface area contributed by atoms with Crippen LogP contribution in [0.1, 0.15) is 22.8 Å². The van der Waals surface area contributed by atoms with Crippen LogP contribution in [-0.4, -0.2) is 53.6 Å². The number of halogens is 1. The summed E-state index contributed by atoms with van der Waals surface area (Å²) >= 11 is 3.50. The first-order valence-electron chi connectivity index (χ1n) is 6.56. The fraction of sp³-hybridized carbons (Fsp3) is 0.500. The van der Waals surface area contributed by atoms with Crippen LogP contribution in [-0.2, 0) is 6.54 Å². The number of piperazine rings is 1. The molecular formula is C14H19BrN2O2. The summed E-state index contributed by atoms with van der Waals surface area (Å²) < 4.78 is 0.982. The average Bonchev–Trinajstić information content (AvgIpc) is 2.42. The lowest BCUT2D eigenvalue weighted by molar-refractivity contribution is 0.0696. The van der Waals surface area contributed by atoms with Crippen molar-refractivity contribution in [2.75, 3.05) is 32.7 Å². The van der Waals surface area contributed by atoms with Crippen molar-refractivity contribution < 1.29 is 9.90 Å². The summed E-state index contributed by atoms with van der Waals surface area (Å²) in [5, 5.41) is 9.04. The number of rotatable bonds is 4. The maximum atomic E-state index is 11.0. The normalized spacial score (nSPS) is 17.6. The topological polar surface area (TPSA) is 43.8 Å². The molecule has 0 atom stereocenters.